The molecule has 1 unspecified atom stereocenters. The van der Waals surface area contributed by atoms with Crippen molar-refractivity contribution in [2.45, 2.75) is 154 Å². The Bertz CT molecular complexity index is 502. The molecule has 0 aliphatic heterocycles. The lowest BCUT2D eigenvalue weighted by atomic mass is 10.0. The first-order valence-electron chi connectivity index (χ1n) is 15.1. The zero-order valence-electron chi connectivity index (χ0n) is 23.3. The van der Waals surface area contributed by atoms with Gasteiger partial charge in [-0.1, -0.05) is 89.5 Å². The second kappa shape index (κ2) is 28.3. The topological polar surface area (TPSA) is 104 Å². The maximum Gasteiger partial charge on any atom is 0.236 e. The van der Waals surface area contributed by atoms with Crippen LogP contribution in [0.1, 0.15) is 141 Å². The number of allylic oxidation sites excluding steroid dienone is 1. The van der Waals surface area contributed by atoms with Gasteiger partial charge in [-0.3, -0.25) is 10.1 Å². The maximum absolute atomic E-state index is 12.0. The molecule has 36 heavy (non-hydrogen) atoms. The van der Waals surface area contributed by atoms with E-state index in [0.29, 0.717) is 13.0 Å². The van der Waals surface area contributed by atoms with Gasteiger partial charge in [0.2, 0.25) is 5.91 Å². The van der Waals surface area contributed by atoms with Gasteiger partial charge in [-0.25, -0.2) is 0 Å². The van der Waals surface area contributed by atoms with Crippen molar-refractivity contribution >= 4 is 12.2 Å². The second-order valence-electron chi connectivity index (χ2n) is 10.3. The van der Waals surface area contributed by atoms with Crippen LogP contribution in [-0.2, 0) is 9.59 Å². The van der Waals surface area contributed by atoms with E-state index >= 15 is 0 Å². The van der Waals surface area contributed by atoms with Gasteiger partial charge in [-0.2, -0.15) is 0 Å². The van der Waals surface area contributed by atoms with Crippen molar-refractivity contribution in [3.63, 3.8) is 0 Å². The molecule has 5 N–H and O–H groups in total. The van der Waals surface area contributed by atoms with E-state index in [-0.39, 0.29) is 5.91 Å². The summed E-state index contributed by atoms with van der Waals surface area (Å²) in [7, 11) is 0. The molecular formula is C30H59N3O3. The van der Waals surface area contributed by atoms with Gasteiger partial charge in [-0.05, 0) is 57.9 Å². The molecule has 0 fully saturated rings. The molecule has 0 saturated heterocycles. The van der Waals surface area contributed by atoms with E-state index in [2.05, 4.69) is 17.2 Å². The number of aldehydes is 1. The van der Waals surface area contributed by atoms with Crippen LogP contribution in [0, 0.1) is 0 Å². The lowest BCUT2D eigenvalue weighted by molar-refractivity contribution is -0.122. The van der Waals surface area contributed by atoms with Crippen molar-refractivity contribution in [1.29, 1.82) is 0 Å². The number of aliphatic hydroxyl groups excluding tert-OH is 1. The van der Waals surface area contributed by atoms with E-state index in [4.69, 9.17) is 5.73 Å². The summed E-state index contributed by atoms with van der Waals surface area (Å²) >= 11 is 0. The second-order valence-corrected chi connectivity index (χ2v) is 10.3. The van der Waals surface area contributed by atoms with Crippen molar-refractivity contribution < 1.29 is 14.7 Å². The van der Waals surface area contributed by atoms with Crippen LogP contribution in [0.15, 0.2) is 12.7 Å². The average molecular weight is 510 g/mol. The molecule has 2 atom stereocenters. The van der Waals surface area contributed by atoms with Gasteiger partial charge < -0.3 is 21.0 Å². The highest BCUT2D eigenvalue weighted by Crippen LogP contribution is 2.14. The molecule has 212 valence electrons. The Morgan fingerprint density at radius 2 is 1.17 bits per heavy atom. The molecule has 0 saturated carbocycles. The summed E-state index contributed by atoms with van der Waals surface area (Å²) in [5, 5.41) is 16.2. The van der Waals surface area contributed by atoms with Crippen molar-refractivity contribution in [3.8, 4) is 0 Å². The highest BCUT2D eigenvalue weighted by atomic mass is 16.3. The van der Waals surface area contributed by atoms with Crippen molar-refractivity contribution in [3.05, 3.63) is 12.7 Å². The molecule has 0 bridgehead atoms. The average Bonchev–Trinajstić information content (AvgIpc) is 2.87. The molecule has 6 nitrogen and oxygen atoms in total. The number of amides is 1. The fourth-order valence-corrected chi connectivity index (χ4v) is 4.43. The van der Waals surface area contributed by atoms with E-state index in [0.717, 1.165) is 70.6 Å². The lowest BCUT2D eigenvalue weighted by Gasteiger charge is -2.14. The molecule has 0 aromatic heterocycles. The van der Waals surface area contributed by atoms with Gasteiger partial charge >= 0.3 is 0 Å². The van der Waals surface area contributed by atoms with Gasteiger partial charge in [0.25, 0.3) is 0 Å². The van der Waals surface area contributed by atoms with Crippen LogP contribution in [0.4, 0.5) is 0 Å². The number of hydrogen-bond donors (Lipinski definition) is 4. The summed E-state index contributed by atoms with van der Waals surface area (Å²) < 4.78 is 0. The van der Waals surface area contributed by atoms with E-state index in [1.54, 1.807) is 0 Å². The Balaban J connectivity index is 3.33. The first-order valence-corrected chi connectivity index (χ1v) is 15.1. The zero-order chi connectivity index (χ0) is 26.5. The summed E-state index contributed by atoms with van der Waals surface area (Å²) in [5.41, 5.74) is 5.97. The van der Waals surface area contributed by atoms with Crippen LogP contribution < -0.4 is 16.4 Å². The van der Waals surface area contributed by atoms with E-state index < -0.39 is 12.3 Å². The number of carbonyl (C=O) groups is 2. The third kappa shape index (κ3) is 25.8. The molecule has 0 spiro atoms. The van der Waals surface area contributed by atoms with Crippen LogP contribution in [0.5, 0.6) is 0 Å². The van der Waals surface area contributed by atoms with Crippen LogP contribution in [0.25, 0.3) is 0 Å². The molecule has 0 aromatic rings. The summed E-state index contributed by atoms with van der Waals surface area (Å²) in [6.45, 7) is 5.14. The Morgan fingerprint density at radius 3 is 1.72 bits per heavy atom. The van der Waals surface area contributed by atoms with E-state index in [1.807, 2.05) is 6.08 Å². The SMILES string of the molecule is C=CCCCCNC(=O)[C@@H](N)CCCCNC(O)CCCCCCCCCCCCCCCCC=O. The highest BCUT2D eigenvalue weighted by Gasteiger charge is 2.12. The number of nitrogens with two attached hydrogens (primary N) is 1. The minimum Gasteiger partial charge on any atom is -0.379 e. The van der Waals surface area contributed by atoms with Crippen LogP contribution >= 0.6 is 0 Å². The van der Waals surface area contributed by atoms with Crippen LogP contribution in [-0.4, -0.2) is 42.7 Å². The Morgan fingerprint density at radius 1 is 0.694 bits per heavy atom. The lowest BCUT2D eigenvalue weighted by Crippen LogP contribution is -2.41. The third-order valence-electron chi connectivity index (χ3n) is 6.84. The van der Waals surface area contributed by atoms with Crippen molar-refractivity contribution in [2.24, 2.45) is 5.73 Å². The number of aliphatic hydroxyl groups is 1. The Hall–Kier alpha value is -1.24. The van der Waals surface area contributed by atoms with Crippen molar-refractivity contribution in [2.75, 3.05) is 13.1 Å². The molecule has 1 amide bonds. The quantitative estimate of drug-likeness (QED) is 0.0410. The predicted molar refractivity (Wildman–Crippen MR) is 153 cm³/mol. The van der Waals surface area contributed by atoms with Crippen LogP contribution in [0.3, 0.4) is 0 Å². The van der Waals surface area contributed by atoms with Gasteiger partial charge in [0.15, 0.2) is 0 Å². The Kier molecular flexibility index (Phi) is 27.4. The molecule has 6 heteroatoms. The number of hydrogen-bond acceptors (Lipinski definition) is 5. The van der Waals surface area contributed by atoms with Crippen molar-refractivity contribution in [1.82, 2.24) is 10.6 Å². The van der Waals surface area contributed by atoms with Gasteiger partial charge in [0.1, 0.15) is 12.5 Å². The van der Waals surface area contributed by atoms with Gasteiger partial charge in [0, 0.05) is 13.0 Å². The fourth-order valence-electron chi connectivity index (χ4n) is 4.43. The smallest absolute Gasteiger partial charge is 0.236 e. The maximum atomic E-state index is 12.0. The van der Waals surface area contributed by atoms with Gasteiger partial charge in [0.05, 0.1) is 6.04 Å². The summed E-state index contributed by atoms with van der Waals surface area (Å²) in [6.07, 6.45) is 27.3. The summed E-state index contributed by atoms with van der Waals surface area (Å²) in [5.74, 6) is -0.0590. The highest BCUT2D eigenvalue weighted by molar-refractivity contribution is 5.81. The minimum absolute atomic E-state index is 0.0590. The molecular weight excluding hydrogens is 450 g/mol. The first kappa shape index (κ1) is 34.8. The minimum atomic E-state index is -0.440. The number of carbonyl (C=O) groups excluding carboxylic acids is 2. The van der Waals surface area contributed by atoms with Gasteiger partial charge in [-0.15, -0.1) is 6.58 Å². The molecule has 0 rings (SSSR count). The normalized spacial score (nSPS) is 12.8. The fraction of sp³-hybridized carbons (Fsp3) is 0.867. The predicted octanol–water partition coefficient (Wildman–Crippen LogP) is 6.31. The van der Waals surface area contributed by atoms with Crippen LogP contribution in [0.2, 0.25) is 0 Å². The molecule has 0 radical (unpaired) electrons. The molecule has 0 aliphatic rings. The first-order chi connectivity index (χ1) is 17.6. The zero-order valence-corrected chi connectivity index (χ0v) is 23.3. The van der Waals surface area contributed by atoms with E-state index in [9.17, 15) is 14.7 Å². The largest absolute Gasteiger partial charge is 0.379 e. The number of rotatable bonds is 29. The number of nitrogens with one attached hydrogen (secondary N) is 2. The summed E-state index contributed by atoms with van der Waals surface area (Å²) in [6, 6.07) is -0.440. The number of unbranched alkanes of at least 4 members (excludes halogenated alkanes) is 17. The van der Waals surface area contributed by atoms with E-state index in [1.165, 1.54) is 77.0 Å². The standard InChI is InChI=1S/C30H59N3O3/c1-2-3-4-20-26-33-30(36)28(31)23-19-21-25-32-29(35)24-18-16-14-12-10-8-6-5-7-9-11-13-15-17-22-27-34/h2,27-29,32,35H,1,3-26,31H2,(H,33,36)/t28-,29?/m0/s1. The summed E-state index contributed by atoms with van der Waals surface area (Å²) in [4.78, 5) is 22.2. The monoisotopic (exact) mass is 509 g/mol. The molecule has 0 heterocycles. The molecule has 0 aromatic carbocycles. The Labute approximate surface area is 222 Å². The third-order valence-corrected chi connectivity index (χ3v) is 6.84. The molecule has 0 aliphatic carbocycles.